The fourth-order valence-electron chi connectivity index (χ4n) is 2.47. The van der Waals surface area contributed by atoms with Gasteiger partial charge in [0.15, 0.2) is 0 Å². The first-order chi connectivity index (χ1) is 13.0. The molecule has 138 valence electrons. The molecule has 0 saturated heterocycles. The van der Waals surface area contributed by atoms with Crippen molar-refractivity contribution in [1.82, 2.24) is 9.78 Å². The zero-order valence-corrected chi connectivity index (χ0v) is 15.3. The topological polar surface area (TPSA) is 73.2 Å². The molecule has 0 aliphatic heterocycles. The van der Waals surface area contributed by atoms with Crippen molar-refractivity contribution in [1.29, 1.82) is 0 Å². The molecule has 0 spiro atoms. The first-order valence-corrected chi connectivity index (χ1v) is 8.74. The van der Waals surface area contributed by atoms with Crippen molar-refractivity contribution in [3.05, 3.63) is 82.8 Å². The number of amides is 1. The van der Waals surface area contributed by atoms with E-state index >= 15 is 0 Å². The molecule has 3 aromatic rings. The first kappa shape index (κ1) is 18.4. The van der Waals surface area contributed by atoms with Crippen LogP contribution >= 0.6 is 0 Å². The number of nitrogens with one attached hydrogen (secondary N) is 1. The van der Waals surface area contributed by atoms with Crippen LogP contribution in [-0.2, 0) is 6.54 Å². The molecule has 0 atom stereocenters. The minimum Gasteiger partial charge on any atom is -0.457 e. The Morgan fingerprint density at radius 2 is 1.67 bits per heavy atom. The Bertz CT molecular complexity index is 964. The number of carbonyl (C=O) groups is 1. The summed E-state index contributed by atoms with van der Waals surface area (Å²) in [6, 6.07) is 19.3. The van der Waals surface area contributed by atoms with E-state index in [-0.39, 0.29) is 23.1 Å². The number of rotatable bonds is 6. The number of benzene rings is 2. The monoisotopic (exact) mass is 363 g/mol. The number of aromatic nitrogens is 2. The summed E-state index contributed by atoms with van der Waals surface area (Å²) in [5, 5.41) is 6.93. The summed E-state index contributed by atoms with van der Waals surface area (Å²) >= 11 is 0. The molecule has 0 fully saturated rings. The van der Waals surface area contributed by atoms with Gasteiger partial charge in [-0.25, -0.2) is 4.68 Å². The summed E-state index contributed by atoms with van der Waals surface area (Å²) < 4.78 is 7.04. The summed E-state index contributed by atoms with van der Waals surface area (Å²) in [5.41, 5.74) is 0.589. The van der Waals surface area contributed by atoms with Gasteiger partial charge in [-0.3, -0.25) is 9.59 Å². The normalized spacial score (nSPS) is 10.6. The summed E-state index contributed by atoms with van der Waals surface area (Å²) in [5.74, 6) is 1.30. The van der Waals surface area contributed by atoms with Crippen LogP contribution in [0.4, 0.5) is 5.69 Å². The second-order valence-electron chi connectivity index (χ2n) is 6.53. The zero-order valence-electron chi connectivity index (χ0n) is 15.3. The number of nitrogens with zero attached hydrogens (tertiary/aromatic N) is 2. The molecular weight excluding hydrogens is 342 g/mol. The van der Waals surface area contributed by atoms with Crippen LogP contribution in [0.25, 0.3) is 0 Å². The van der Waals surface area contributed by atoms with Gasteiger partial charge < -0.3 is 10.1 Å². The van der Waals surface area contributed by atoms with Crippen LogP contribution in [0.15, 0.2) is 71.5 Å². The molecule has 2 aromatic carbocycles. The van der Waals surface area contributed by atoms with Gasteiger partial charge in [0.25, 0.3) is 11.5 Å². The maximum atomic E-state index is 12.4. The number of para-hydroxylation sites is 1. The molecule has 0 saturated carbocycles. The average Bonchev–Trinajstić information content (AvgIpc) is 2.65. The Morgan fingerprint density at radius 3 is 2.33 bits per heavy atom. The molecule has 0 bridgehead atoms. The lowest BCUT2D eigenvalue weighted by Gasteiger charge is -2.10. The molecule has 0 unspecified atom stereocenters. The van der Waals surface area contributed by atoms with Crippen molar-refractivity contribution in [2.45, 2.75) is 20.4 Å². The maximum Gasteiger partial charge on any atom is 0.276 e. The van der Waals surface area contributed by atoms with Gasteiger partial charge in [0.2, 0.25) is 0 Å². The fourth-order valence-corrected chi connectivity index (χ4v) is 2.47. The molecule has 1 amide bonds. The Morgan fingerprint density at radius 1 is 1.00 bits per heavy atom. The third kappa shape index (κ3) is 5.04. The highest BCUT2D eigenvalue weighted by Gasteiger charge is 2.11. The molecule has 0 radical (unpaired) electrons. The van der Waals surface area contributed by atoms with E-state index in [1.807, 2.05) is 44.2 Å². The second-order valence-corrected chi connectivity index (χ2v) is 6.53. The lowest BCUT2D eigenvalue weighted by Crippen LogP contribution is -2.27. The number of hydrogen-bond acceptors (Lipinski definition) is 4. The SMILES string of the molecule is CC(C)Cn1nc(C(=O)Nc2ccc(Oc3ccccc3)cc2)ccc1=O. The average molecular weight is 363 g/mol. The molecule has 0 aliphatic rings. The number of hydrogen-bond donors (Lipinski definition) is 1. The van der Waals surface area contributed by atoms with Crippen LogP contribution in [0.1, 0.15) is 24.3 Å². The van der Waals surface area contributed by atoms with E-state index in [0.717, 1.165) is 5.75 Å². The van der Waals surface area contributed by atoms with Crippen molar-refractivity contribution in [2.24, 2.45) is 5.92 Å². The minimum absolute atomic E-state index is 0.194. The lowest BCUT2D eigenvalue weighted by atomic mass is 10.2. The van der Waals surface area contributed by atoms with Gasteiger partial charge in [-0.15, -0.1) is 0 Å². The molecule has 6 heteroatoms. The van der Waals surface area contributed by atoms with E-state index in [1.165, 1.54) is 16.8 Å². The third-order valence-electron chi connectivity index (χ3n) is 3.73. The summed E-state index contributed by atoms with van der Waals surface area (Å²) in [4.78, 5) is 24.2. The van der Waals surface area contributed by atoms with Crippen LogP contribution in [0.3, 0.4) is 0 Å². The predicted molar refractivity (Wildman–Crippen MR) is 104 cm³/mol. The number of carbonyl (C=O) groups excluding carboxylic acids is 1. The van der Waals surface area contributed by atoms with Crippen LogP contribution in [0.2, 0.25) is 0 Å². The minimum atomic E-state index is -0.371. The first-order valence-electron chi connectivity index (χ1n) is 8.74. The van der Waals surface area contributed by atoms with Crippen molar-refractivity contribution >= 4 is 11.6 Å². The number of anilines is 1. The van der Waals surface area contributed by atoms with E-state index in [4.69, 9.17) is 4.74 Å². The molecule has 1 aromatic heterocycles. The molecule has 3 rings (SSSR count). The van der Waals surface area contributed by atoms with Gasteiger partial charge in [0.1, 0.15) is 17.2 Å². The number of ether oxygens (including phenoxy) is 1. The molecule has 1 N–H and O–H groups in total. The van der Waals surface area contributed by atoms with Crippen LogP contribution in [0, 0.1) is 5.92 Å². The van der Waals surface area contributed by atoms with Crippen molar-refractivity contribution < 1.29 is 9.53 Å². The highest BCUT2D eigenvalue weighted by atomic mass is 16.5. The van der Waals surface area contributed by atoms with E-state index in [9.17, 15) is 9.59 Å². The highest BCUT2D eigenvalue weighted by molar-refractivity contribution is 6.02. The Kier molecular flexibility index (Phi) is 5.66. The Balaban J connectivity index is 1.68. The molecule has 27 heavy (non-hydrogen) atoms. The summed E-state index contributed by atoms with van der Waals surface area (Å²) in [7, 11) is 0. The lowest BCUT2D eigenvalue weighted by molar-refractivity contribution is 0.101. The van der Waals surface area contributed by atoms with Crippen LogP contribution < -0.4 is 15.6 Å². The maximum absolute atomic E-state index is 12.4. The van der Waals surface area contributed by atoms with Gasteiger partial charge in [-0.1, -0.05) is 32.0 Å². The van der Waals surface area contributed by atoms with E-state index in [0.29, 0.717) is 18.0 Å². The standard InChI is InChI=1S/C21H21N3O3/c1-15(2)14-24-20(25)13-12-19(23-24)21(26)22-16-8-10-18(11-9-16)27-17-6-4-3-5-7-17/h3-13,15H,14H2,1-2H3,(H,22,26). The molecular formula is C21H21N3O3. The fraction of sp³-hybridized carbons (Fsp3) is 0.190. The Hall–Kier alpha value is -3.41. The van der Waals surface area contributed by atoms with Gasteiger partial charge in [0, 0.05) is 18.3 Å². The van der Waals surface area contributed by atoms with Crippen molar-refractivity contribution in [3.63, 3.8) is 0 Å². The van der Waals surface area contributed by atoms with E-state index in [2.05, 4.69) is 10.4 Å². The largest absolute Gasteiger partial charge is 0.457 e. The van der Waals surface area contributed by atoms with Crippen LogP contribution in [-0.4, -0.2) is 15.7 Å². The van der Waals surface area contributed by atoms with Crippen molar-refractivity contribution in [2.75, 3.05) is 5.32 Å². The summed E-state index contributed by atoms with van der Waals surface area (Å²) in [6.07, 6.45) is 0. The quantitative estimate of drug-likeness (QED) is 0.720. The highest BCUT2D eigenvalue weighted by Crippen LogP contribution is 2.22. The zero-order chi connectivity index (χ0) is 19.2. The van der Waals surface area contributed by atoms with Crippen molar-refractivity contribution in [3.8, 4) is 11.5 Å². The summed E-state index contributed by atoms with van der Waals surface area (Å²) in [6.45, 7) is 4.44. The third-order valence-corrected chi connectivity index (χ3v) is 3.73. The Labute approximate surface area is 157 Å². The van der Waals surface area contributed by atoms with Gasteiger partial charge in [0.05, 0.1) is 0 Å². The molecule has 1 heterocycles. The smallest absolute Gasteiger partial charge is 0.276 e. The van der Waals surface area contributed by atoms with Crippen LogP contribution in [0.5, 0.6) is 11.5 Å². The molecule has 0 aliphatic carbocycles. The van der Waals surface area contributed by atoms with E-state index < -0.39 is 0 Å². The van der Waals surface area contributed by atoms with Gasteiger partial charge in [-0.2, -0.15) is 5.10 Å². The predicted octanol–water partition coefficient (Wildman–Crippen LogP) is 3.94. The second kappa shape index (κ2) is 8.31. The van der Waals surface area contributed by atoms with E-state index in [1.54, 1.807) is 24.3 Å². The van der Waals surface area contributed by atoms with Gasteiger partial charge >= 0.3 is 0 Å². The molecule has 6 nitrogen and oxygen atoms in total. The van der Waals surface area contributed by atoms with Gasteiger partial charge in [-0.05, 0) is 48.4 Å².